The van der Waals surface area contributed by atoms with Crippen LogP contribution in [0, 0.1) is 14.8 Å². The third kappa shape index (κ3) is 2.92. The fourth-order valence-corrected chi connectivity index (χ4v) is 1.91. The lowest BCUT2D eigenvalue weighted by Crippen LogP contribution is -2.26. The first-order valence-electron chi connectivity index (χ1n) is 4.52. The molecule has 1 nitrogen and oxygen atoms in total. The second kappa shape index (κ2) is 4.14. The Bertz CT molecular complexity index is 310. The van der Waals surface area contributed by atoms with Crippen molar-refractivity contribution >= 4 is 22.6 Å². The topological polar surface area (TPSA) is 26.0 Å². The molecule has 0 heterocycles. The molecule has 0 amide bonds. The van der Waals surface area contributed by atoms with Crippen molar-refractivity contribution in [2.45, 2.75) is 26.8 Å². The van der Waals surface area contributed by atoms with Gasteiger partial charge in [0, 0.05) is 9.61 Å². The van der Waals surface area contributed by atoms with Crippen LogP contribution in [0.25, 0.3) is 0 Å². The molecular formula is C11H15FIN. The van der Waals surface area contributed by atoms with Crippen LogP contribution in [0.4, 0.5) is 4.39 Å². The first-order valence-corrected chi connectivity index (χ1v) is 5.60. The molecule has 78 valence electrons. The maximum Gasteiger partial charge on any atom is 0.124 e. The summed E-state index contributed by atoms with van der Waals surface area (Å²) in [6.07, 6.45) is 0. The van der Waals surface area contributed by atoms with Crippen LogP contribution >= 0.6 is 22.6 Å². The summed E-state index contributed by atoms with van der Waals surface area (Å²) in [7, 11) is 0. The molecule has 14 heavy (non-hydrogen) atoms. The molecule has 0 aliphatic carbocycles. The van der Waals surface area contributed by atoms with Crippen LogP contribution < -0.4 is 5.73 Å². The standard InChI is InChI=1S/C11H15FIN/c1-11(2,3)10(14)7-4-8(12)6-9(13)5-7/h4-6,10H,14H2,1-3H3/t10-/m1/s1. The maximum atomic E-state index is 13.1. The van der Waals surface area contributed by atoms with E-state index in [4.69, 9.17) is 5.73 Å². The summed E-state index contributed by atoms with van der Waals surface area (Å²) in [5, 5.41) is 0. The molecule has 0 saturated heterocycles. The van der Waals surface area contributed by atoms with Gasteiger partial charge in [-0.25, -0.2) is 4.39 Å². The van der Waals surface area contributed by atoms with Crippen LogP contribution in [0.1, 0.15) is 32.4 Å². The Balaban J connectivity index is 3.07. The van der Waals surface area contributed by atoms with Crippen LogP contribution in [0.3, 0.4) is 0 Å². The molecule has 1 aromatic rings. The van der Waals surface area contributed by atoms with E-state index in [0.717, 1.165) is 9.13 Å². The zero-order valence-corrected chi connectivity index (χ0v) is 10.8. The maximum absolute atomic E-state index is 13.1. The van der Waals surface area contributed by atoms with Gasteiger partial charge in [-0.15, -0.1) is 0 Å². The predicted molar refractivity (Wildman–Crippen MR) is 65.5 cm³/mol. The molecule has 0 aromatic heterocycles. The van der Waals surface area contributed by atoms with Gasteiger partial charge in [0.25, 0.3) is 0 Å². The number of hydrogen-bond donors (Lipinski definition) is 1. The summed E-state index contributed by atoms with van der Waals surface area (Å²) in [4.78, 5) is 0. The molecule has 0 unspecified atom stereocenters. The molecule has 3 heteroatoms. The van der Waals surface area contributed by atoms with Crippen LogP contribution in [0.2, 0.25) is 0 Å². The minimum Gasteiger partial charge on any atom is -0.324 e. The molecule has 1 rings (SSSR count). The van der Waals surface area contributed by atoms with Gasteiger partial charge in [-0.2, -0.15) is 0 Å². The SMILES string of the molecule is CC(C)(C)[C@H](N)c1cc(F)cc(I)c1. The largest absolute Gasteiger partial charge is 0.324 e. The Kier molecular flexibility index (Phi) is 3.53. The summed E-state index contributed by atoms with van der Waals surface area (Å²) in [6.45, 7) is 6.15. The highest BCUT2D eigenvalue weighted by atomic mass is 127. The van der Waals surface area contributed by atoms with E-state index >= 15 is 0 Å². The van der Waals surface area contributed by atoms with E-state index in [-0.39, 0.29) is 17.3 Å². The van der Waals surface area contributed by atoms with Crippen LogP contribution in [0.15, 0.2) is 18.2 Å². The Morgan fingerprint density at radius 2 is 1.86 bits per heavy atom. The molecule has 0 radical (unpaired) electrons. The second-order valence-electron chi connectivity index (χ2n) is 4.55. The van der Waals surface area contributed by atoms with Gasteiger partial charge >= 0.3 is 0 Å². The highest BCUT2D eigenvalue weighted by Gasteiger charge is 2.22. The fraction of sp³-hybridized carbons (Fsp3) is 0.455. The fourth-order valence-electron chi connectivity index (χ4n) is 1.25. The Hall–Kier alpha value is -0.160. The van der Waals surface area contributed by atoms with Crippen molar-refractivity contribution in [2.24, 2.45) is 11.1 Å². The van der Waals surface area contributed by atoms with Crippen molar-refractivity contribution in [1.29, 1.82) is 0 Å². The van der Waals surface area contributed by atoms with Crippen molar-refractivity contribution in [3.8, 4) is 0 Å². The monoisotopic (exact) mass is 307 g/mol. The number of benzene rings is 1. The molecule has 0 fully saturated rings. The number of halogens is 2. The summed E-state index contributed by atoms with van der Waals surface area (Å²) in [5.41, 5.74) is 6.86. The third-order valence-corrected chi connectivity index (χ3v) is 2.80. The van der Waals surface area contributed by atoms with Gasteiger partial charge in [0.15, 0.2) is 0 Å². The van der Waals surface area contributed by atoms with Gasteiger partial charge in [-0.05, 0) is 51.8 Å². The minimum absolute atomic E-state index is 0.0448. The zero-order chi connectivity index (χ0) is 10.9. The number of nitrogens with two attached hydrogens (primary N) is 1. The normalized spacial score (nSPS) is 14.1. The van der Waals surface area contributed by atoms with Gasteiger partial charge < -0.3 is 5.73 Å². The van der Waals surface area contributed by atoms with Crippen LogP contribution in [-0.4, -0.2) is 0 Å². The first-order chi connectivity index (χ1) is 6.30. The van der Waals surface area contributed by atoms with Gasteiger partial charge in [-0.1, -0.05) is 20.8 Å². The van der Waals surface area contributed by atoms with E-state index in [1.165, 1.54) is 12.1 Å². The summed E-state index contributed by atoms with van der Waals surface area (Å²) < 4.78 is 14.0. The van der Waals surface area contributed by atoms with Crippen molar-refractivity contribution in [2.75, 3.05) is 0 Å². The van der Waals surface area contributed by atoms with E-state index < -0.39 is 0 Å². The van der Waals surface area contributed by atoms with E-state index in [0.29, 0.717) is 0 Å². The molecule has 0 bridgehead atoms. The van der Waals surface area contributed by atoms with Gasteiger partial charge in [0.1, 0.15) is 5.82 Å². The number of hydrogen-bond acceptors (Lipinski definition) is 1. The van der Waals surface area contributed by atoms with Gasteiger partial charge in [0.2, 0.25) is 0 Å². The second-order valence-corrected chi connectivity index (χ2v) is 5.79. The molecule has 0 aliphatic rings. The predicted octanol–water partition coefficient (Wildman–Crippen LogP) is 3.48. The summed E-state index contributed by atoms with van der Waals surface area (Å²) >= 11 is 2.10. The van der Waals surface area contributed by atoms with Crippen molar-refractivity contribution in [3.05, 3.63) is 33.1 Å². The first kappa shape index (κ1) is 11.9. The smallest absolute Gasteiger partial charge is 0.124 e. The zero-order valence-electron chi connectivity index (χ0n) is 8.64. The lowest BCUT2D eigenvalue weighted by atomic mass is 9.83. The van der Waals surface area contributed by atoms with E-state index in [1.807, 2.05) is 6.07 Å². The Labute approximate surface area is 98.0 Å². The average Bonchev–Trinajstić information content (AvgIpc) is 1.99. The van der Waals surface area contributed by atoms with Crippen molar-refractivity contribution in [3.63, 3.8) is 0 Å². The van der Waals surface area contributed by atoms with Gasteiger partial charge in [0.05, 0.1) is 0 Å². The molecular weight excluding hydrogens is 292 g/mol. The van der Waals surface area contributed by atoms with Crippen molar-refractivity contribution in [1.82, 2.24) is 0 Å². The molecule has 1 aromatic carbocycles. The third-order valence-electron chi connectivity index (χ3n) is 2.18. The number of rotatable bonds is 1. The van der Waals surface area contributed by atoms with E-state index in [9.17, 15) is 4.39 Å². The van der Waals surface area contributed by atoms with Crippen molar-refractivity contribution < 1.29 is 4.39 Å². The molecule has 0 spiro atoms. The van der Waals surface area contributed by atoms with Crippen LogP contribution in [-0.2, 0) is 0 Å². The highest BCUT2D eigenvalue weighted by Crippen LogP contribution is 2.31. The quantitative estimate of drug-likeness (QED) is 0.790. The summed E-state index contributed by atoms with van der Waals surface area (Å²) in [6, 6.07) is 4.81. The molecule has 1 atom stereocenters. The van der Waals surface area contributed by atoms with Gasteiger partial charge in [-0.3, -0.25) is 0 Å². The lowest BCUT2D eigenvalue weighted by molar-refractivity contribution is 0.326. The average molecular weight is 307 g/mol. The van der Waals surface area contributed by atoms with Crippen LogP contribution in [0.5, 0.6) is 0 Å². The Morgan fingerprint density at radius 1 is 1.29 bits per heavy atom. The molecule has 0 saturated carbocycles. The highest BCUT2D eigenvalue weighted by molar-refractivity contribution is 14.1. The minimum atomic E-state index is -0.216. The molecule has 0 aliphatic heterocycles. The lowest BCUT2D eigenvalue weighted by Gasteiger charge is -2.27. The van der Waals surface area contributed by atoms with E-state index in [2.05, 4.69) is 43.4 Å². The van der Waals surface area contributed by atoms with E-state index in [1.54, 1.807) is 0 Å². The summed E-state index contributed by atoms with van der Waals surface area (Å²) in [5.74, 6) is -0.216. The molecule has 2 N–H and O–H groups in total. The Morgan fingerprint density at radius 3 is 2.29 bits per heavy atom.